The highest BCUT2D eigenvalue weighted by molar-refractivity contribution is 7.86. The molecule has 0 aliphatic carbocycles. The molecule has 40 heavy (non-hydrogen) atoms. The number of fused-ring (bicyclic) bond motifs is 1. The predicted octanol–water partition coefficient (Wildman–Crippen LogP) is 7.61. The van der Waals surface area contributed by atoms with E-state index in [0.717, 1.165) is 0 Å². The zero-order valence-corrected chi connectivity index (χ0v) is 21.5. The van der Waals surface area contributed by atoms with Gasteiger partial charge in [-0.15, -0.1) is 5.11 Å². The molecule has 0 aliphatic heterocycles. The number of phenolic OH excluding ortho intramolecular Hbond substituents is 1. The molecular formula is C28H22N6O5S. The summed E-state index contributed by atoms with van der Waals surface area (Å²) in [5, 5.41) is 27.8. The Labute approximate surface area is 229 Å². The van der Waals surface area contributed by atoms with E-state index in [4.69, 9.17) is 10.6 Å². The summed E-state index contributed by atoms with van der Waals surface area (Å²) in [6.07, 6.45) is 0. The van der Waals surface area contributed by atoms with Crippen LogP contribution in [-0.2, 0) is 10.1 Å². The van der Waals surface area contributed by atoms with Crippen LogP contribution < -0.4 is 16.1 Å². The van der Waals surface area contributed by atoms with Crippen LogP contribution in [0.15, 0.2) is 128 Å². The number of benzene rings is 5. The molecule has 200 valence electrons. The van der Waals surface area contributed by atoms with Crippen molar-refractivity contribution in [3.05, 3.63) is 103 Å². The van der Waals surface area contributed by atoms with E-state index in [1.165, 1.54) is 6.07 Å². The van der Waals surface area contributed by atoms with E-state index < -0.39 is 26.5 Å². The molecule has 12 heteroatoms. The topological polar surface area (TPSA) is 171 Å². The molecule has 0 saturated heterocycles. The highest BCUT2D eigenvalue weighted by Gasteiger charge is 2.22. The number of rotatable bonds is 8. The second kappa shape index (κ2) is 11.2. The molecule has 11 nitrogen and oxygen atoms in total. The van der Waals surface area contributed by atoms with Crippen molar-refractivity contribution in [2.75, 3.05) is 11.2 Å². The van der Waals surface area contributed by atoms with E-state index in [1.54, 1.807) is 66.7 Å². The average Bonchev–Trinajstić information content (AvgIpc) is 2.95. The fourth-order valence-electron chi connectivity index (χ4n) is 3.67. The van der Waals surface area contributed by atoms with Crippen LogP contribution in [0.1, 0.15) is 0 Å². The zero-order chi connectivity index (χ0) is 28.1. The molecule has 0 heterocycles. The lowest BCUT2D eigenvalue weighted by atomic mass is 10.1. The molecule has 5 N–H and O–H groups in total. The van der Waals surface area contributed by atoms with Gasteiger partial charge in [0, 0.05) is 11.1 Å². The van der Waals surface area contributed by atoms with Gasteiger partial charge in [-0.2, -0.15) is 23.8 Å². The Balaban J connectivity index is 1.40. The fourth-order valence-corrected chi connectivity index (χ4v) is 4.32. The number of nitrogens with two attached hydrogens (primary N) is 1. The number of nitrogens with zero attached hydrogens (tertiary/aromatic N) is 4. The Morgan fingerprint density at radius 1 is 0.725 bits per heavy atom. The second-order valence-corrected chi connectivity index (χ2v) is 9.90. The summed E-state index contributed by atoms with van der Waals surface area (Å²) in [6.45, 7) is 0. The third kappa shape index (κ3) is 6.20. The first-order chi connectivity index (χ1) is 19.3. The highest BCUT2D eigenvalue weighted by Crippen LogP contribution is 2.42. The molecule has 5 aromatic rings. The van der Waals surface area contributed by atoms with Crippen molar-refractivity contribution in [3.63, 3.8) is 0 Å². The number of azo groups is 2. The van der Waals surface area contributed by atoms with Gasteiger partial charge < -0.3 is 15.7 Å². The predicted molar refractivity (Wildman–Crippen MR) is 152 cm³/mol. The molecule has 0 atom stereocenters. The first kappa shape index (κ1) is 26.3. The number of aromatic hydroxyl groups is 1. The van der Waals surface area contributed by atoms with Gasteiger partial charge in [0.15, 0.2) is 11.5 Å². The van der Waals surface area contributed by atoms with E-state index in [9.17, 15) is 18.1 Å². The smallest absolute Gasteiger partial charge is 0.296 e. The number of phenols is 1. The Bertz CT molecular complexity index is 1830. The minimum atomic E-state index is -4.77. The average molecular weight is 555 g/mol. The van der Waals surface area contributed by atoms with Gasteiger partial charge in [0.25, 0.3) is 10.1 Å². The monoisotopic (exact) mass is 554 g/mol. The SMILES string of the molecule is Nc1ccc(ONc2ccc3c(O)c(N=Nc4ccc(N=Nc5ccccc5)cc4)c(S(=O)(=O)O)cc3c2)cc1. The van der Waals surface area contributed by atoms with Crippen molar-refractivity contribution in [2.24, 2.45) is 20.5 Å². The van der Waals surface area contributed by atoms with E-state index in [2.05, 4.69) is 25.9 Å². The summed E-state index contributed by atoms with van der Waals surface area (Å²) >= 11 is 0. The third-order valence-corrected chi connectivity index (χ3v) is 6.52. The summed E-state index contributed by atoms with van der Waals surface area (Å²) < 4.78 is 34.2. The van der Waals surface area contributed by atoms with Crippen LogP contribution in [-0.4, -0.2) is 18.1 Å². The Kier molecular flexibility index (Phi) is 7.35. The summed E-state index contributed by atoms with van der Waals surface area (Å²) in [4.78, 5) is 4.89. The van der Waals surface area contributed by atoms with Gasteiger partial charge in [-0.05, 0) is 90.3 Å². The molecule has 0 saturated carbocycles. The Morgan fingerprint density at radius 3 is 1.95 bits per heavy atom. The standard InChI is InChI=1S/C28H22N6O5S/c29-19-6-13-24(14-7-19)39-34-23-12-15-25-18(16-23)17-26(40(36,37)38)27(28(25)35)33-32-22-10-8-21(9-11-22)31-30-20-4-2-1-3-5-20/h1-17,34-35H,29H2,(H,36,37,38). The van der Waals surface area contributed by atoms with Crippen LogP contribution in [0.25, 0.3) is 10.8 Å². The molecule has 0 fully saturated rings. The van der Waals surface area contributed by atoms with Gasteiger partial charge >= 0.3 is 0 Å². The molecule has 0 aliphatic rings. The van der Waals surface area contributed by atoms with Crippen molar-refractivity contribution >= 4 is 55.0 Å². The van der Waals surface area contributed by atoms with Gasteiger partial charge in [-0.3, -0.25) is 4.55 Å². The third-order valence-electron chi connectivity index (χ3n) is 5.65. The van der Waals surface area contributed by atoms with Gasteiger partial charge in [0.1, 0.15) is 10.6 Å². The molecule has 0 bridgehead atoms. The number of hydrogen-bond acceptors (Lipinski definition) is 10. The summed E-state index contributed by atoms with van der Waals surface area (Å²) in [6, 6.07) is 28.4. The molecule has 5 aromatic carbocycles. The van der Waals surface area contributed by atoms with Crippen molar-refractivity contribution in [1.29, 1.82) is 0 Å². The van der Waals surface area contributed by atoms with Crippen LogP contribution in [0.5, 0.6) is 11.5 Å². The van der Waals surface area contributed by atoms with Gasteiger partial charge in [0.05, 0.1) is 22.7 Å². The van der Waals surface area contributed by atoms with Crippen LogP contribution in [0.3, 0.4) is 0 Å². The van der Waals surface area contributed by atoms with Crippen LogP contribution in [0.2, 0.25) is 0 Å². The normalized spacial score (nSPS) is 11.8. The van der Waals surface area contributed by atoms with E-state index >= 15 is 0 Å². The minimum absolute atomic E-state index is 0.288. The van der Waals surface area contributed by atoms with E-state index in [1.807, 2.05) is 30.3 Å². The van der Waals surface area contributed by atoms with Crippen molar-refractivity contribution in [1.82, 2.24) is 0 Å². The van der Waals surface area contributed by atoms with Crippen molar-refractivity contribution < 1.29 is 22.9 Å². The van der Waals surface area contributed by atoms with Crippen molar-refractivity contribution in [3.8, 4) is 11.5 Å². The maximum atomic E-state index is 12.2. The summed E-state index contributed by atoms with van der Waals surface area (Å²) in [5.74, 6) is 0.0342. The van der Waals surface area contributed by atoms with E-state index in [0.29, 0.717) is 39.6 Å². The highest BCUT2D eigenvalue weighted by atomic mass is 32.2. The Morgan fingerprint density at radius 2 is 1.32 bits per heavy atom. The van der Waals surface area contributed by atoms with E-state index in [-0.39, 0.29) is 5.39 Å². The molecule has 0 aromatic heterocycles. The maximum Gasteiger partial charge on any atom is 0.296 e. The molecule has 0 spiro atoms. The lowest BCUT2D eigenvalue weighted by Crippen LogP contribution is -2.04. The largest absolute Gasteiger partial charge is 0.505 e. The molecule has 0 amide bonds. The first-order valence-electron chi connectivity index (χ1n) is 11.8. The molecule has 0 unspecified atom stereocenters. The number of hydrogen-bond donors (Lipinski definition) is 4. The molecular weight excluding hydrogens is 532 g/mol. The van der Waals surface area contributed by atoms with Crippen LogP contribution in [0, 0.1) is 0 Å². The van der Waals surface area contributed by atoms with Crippen LogP contribution in [0.4, 0.5) is 34.1 Å². The van der Waals surface area contributed by atoms with Gasteiger partial charge in [-0.1, -0.05) is 18.2 Å². The van der Waals surface area contributed by atoms with Crippen molar-refractivity contribution in [2.45, 2.75) is 4.90 Å². The summed E-state index contributed by atoms with van der Waals surface area (Å²) in [5.41, 5.74) is 10.7. The molecule has 0 radical (unpaired) electrons. The van der Waals surface area contributed by atoms with Crippen LogP contribution >= 0.6 is 0 Å². The summed E-state index contributed by atoms with van der Waals surface area (Å²) in [7, 11) is -4.77. The van der Waals surface area contributed by atoms with Gasteiger partial charge in [-0.25, -0.2) is 5.48 Å². The number of nitrogen functional groups attached to an aromatic ring is 1. The lowest BCUT2D eigenvalue weighted by Gasteiger charge is -2.12. The number of nitrogens with one attached hydrogen (secondary N) is 1. The number of anilines is 2. The second-order valence-electron chi connectivity index (χ2n) is 8.51. The lowest BCUT2D eigenvalue weighted by molar-refractivity contribution is 0.405. The maximum absolute atomic E-state index is 12.2. The molecule has 5 rings (SSSR count). The Hall–Kier alpha value is -5.33. The first-order valence-corrected chi connectivity index (χ1v) is 13.2. The minimum Gasteiger partial charge on any atom is -0.505 e. The zero-order valence-electron chi connectivity index (χ0n) is 20.7. The fraction of sp³-hybridized carbons (Fsp3) is 0. The van der Waals surface area contributed by atoms with Gasteiger partial charge in [0.2, 0.25) is 0 Å². The quantitative estimate of drug-likeness (QED) is 0.0661.